The van der Waals surface area contributed by atoms with Crippen molar-refractivity contribution in [1.29, 1.82) is 0 Å². The lowest BCUT2D eigenvalue weighted by molar-refractivity contribution is 0.0793. The third-order valence-electron chi connectivity index (χ3n) is 3.61. The molecule has 0 saturated carbocycles. The molecule has 5 heteroatoms. The van der Waals surface area contributed by atoms with Gasteiger partial charge in [-0.3, -0.25) is 9.59 Å². The zero-order valence-corrected chi connectivity index (χ0v) is 12.8. The van der Waals surface area contributed by atoms with E-state index in [-0.39, 0.29) is 11.8 Å². The van der Waals surface area contributed by atoms with Crippen molar-refractivity contribution in [3.8, 4) is 0 Å². The highest BCUT2D eigenvalue weighted by Gasteiger charge is 2.20. The van der Waals surface area contributed by atoms with Crippen LogP contribution in [0.3, 0.4) is 0 Å². The summed E-state index contributed by atoms with van der Waals surface area (Å²) >= 11 is 0. The van der Waals surface area contributed by atoms with Crippen LogP contribution >= 0.6 is 0 Å². The number of carbonyl (C=O) groups excluding carboxylic acids is 2. The lowest BCUT2D eigenvalue weighted by atomic mass is 10.1. The predicted octanol–water partition coefficient (Wildman–Crippen LogP) is 1.21. The fourth-order valence-electron chi connectivity index (χ4n) is 2.39. The molecule has 1 N–H and O–H groups in total. The van der Waals surface area contributed by atoms with Gasteiger partial charge in [0.05, 0.1) is 0 Å². The van der Waals surface area contributed by atoms with Crippen LogP contribution < -0.4 is 5.32 Å². The Morgan fingerprint density at radius 1 is 1.19 bits per heavy atom. The number of hydrogen-bond acceptors (Lipinski definition) is 3. The van der Waals surface area contributed by atoms with E-state index >= 15 is 0 Å². The summed E-state index contributed by atoms with van der Waals surface area (Å²) in [6.45, 7) is 3.02. The minimum absolute atomic E-state index is 0.0236. The van der Waals surface area contributed by atoms with Gasteiger partial charge in [0, 0.05) is 37.3 Å². The number of nitrogens with zero attached hydrogens (tertiary/aromatic N) is 2. The molecule has 5 nitrogen and oxygen atoms in total. The SMILES string of the molecule is CN(C)CCNC(=O)c1cccc(C(=O)N2CCCC2)c1. The van der Waals surface area contributed by atoms with Crippen LogP contribution in [0.25, 0.3) is 0 Å². The maximum atomic E-state index is 12.3. The van der Waals surface area contributed by atoms with Gasteiger partial charge in [0.15, 0.2) is 0 Å². The van der Waals surface area contributed by atoms with Gasteiger partial charge in [0.1, 0.15) is 0 Å². The van der Waals surface area contributed by atoms with Crippen LogP contribution in [0.1, 0.15) is 33.6 Å². The number of carbonyl (C=O) groups is 2. The summed E-state index contributed by atoms with van der Waals surface area (Å²) in [6.07, 6.45) is 2.13. The zero-order valence-electron chi connectivity index (χ0n) is 12.8. The fourth-order valence-corrected chi connectivity index (χ4v) is 2.39. The summed E-state index contributed by atoms with van der Waals surface area (Å²) in [7, 11) is 3.92. The third kappa shape index (κ3) is 4.29. The number of likely N-dealkylation sites (N-methyl/N-ethyl adjacent to an activating group) is 1. The molecule has 1 aromatic carbocycles. The molecule has 1 heterocycles. The second kappa shape index (κ2) is 7.22. The van der Waals surface area contributed by atoms with E-state index in [9.17, 15) is 9.59 Å². The van der Waals surface area contributed by atoms with Crippen molar-refractivity contribution in [3.63, 3.8) is 0 Å². The number of rotatable bonds is 5. The highest BCUT2D eigenvalue weighted by molar-refractivity contribution is 5.99. The topological polar surface area (TPSA) is 52.7 Å². The van der Waals surface area contributed by atoms with Crippen LogP contribution in [0.15, 0.2) is 24.3 Å². The van der Waals surface area contributed by atoms with Crippen molar-refractivity contribution in [2.45, 2.75) is 12.8 Å². The average molecular weight is 289 g/mol. The van der Waals surface area contributed by atoms with Crippen LogP contribution in [0.4, 0.5) is 0 Å². The van der Waals surface area contributed by atoms with Crippen LogP contribution in [-0.2, 0) is 0 Å². The normalized spacial score (nSPS) is 14.5. The first-order valence-corrected chi connectivity index (χ1v) is 7.40. The van der Waals surface area contributed by atoms with Gasteiger partial charge in [0.25, 0.3) is 11.8 Å². The number of benzene rings is 1. The number of amides is 2. The highest BCUT2D eigenvalue weighted by atomic mass is 16.2. The van der Waals surface area contributed by atoms with Gasteiger partial charge in [-0.2, -0.15) is 0 Å². The molecule has 114 valence electrons. The Bertz CT molecular complexity index is 508. The quantitative estimate of drug-likeness (QED) is 0.886. The van der Waals surface area contributed by atoms with E-state index in [1.165, 1.54) is 0 Å². The van der Waals surface area contributed by atoms with E-state index in [4.69, 9.17) is 0 Å². The molecule has 0 spiro atoms. The minimum Gasteiger partial charge on any atom is -0.351 e. The number of hydrogen-bond donors (Lipinski definition) is 1. The summed E-state index contributed by atoms with van der Waals surface area (Å²) in [4.78, 5) is 28.2. The van der Waals surface area contributed by atoms with Crippen LogP contribution in [0.5, 0.6) is 0 Å². The summed E-state index contributed by atoms with van der Waals surface area (Å²) in [5.41, 5.74) is 1.14. The molecule has 1 aromatic rings. The van der Waals surface area contributed by atoms with Gasteiger partial charge in [-0.05, 0) is 45.1 Å². The first kappa shape index (κ1) is 15.5. The molecule has 2 amide bonds. The number of nitrogens with one attached hydrogen (secondary N) is 1. The van der Waals surface area contributed by atoms with E-state index in [1.807, 2.05) is 23.9 Å². The smallest absolute Gasteiger partial charge is 0.253 e. The molecular weight excluding hydrogens is 266 g/mol. The standard InChI is InChI=1S/C16H23N3O2/c1-18(2)11-8-17-15(20)13-6-5-7-14(12-13)16(21)19-9-3-4-10-19/h5-7,12H,3-4,8-11H2,1-2H3,(H,17,20). The maximum Gasteiger partial charge on any atom is 0.253 e. The van der Waals surface area contributed by atoms with Crippen molar-refractivity contribution in [2.24, 2.45) is 0 Å². The molecule has 1 aliphatic rings. The monoisotopic (exact) mass is 289 g/mol. The maximum absolute atomic E-state index is 12.3. The molecule has 0 radical (unpaired) electrons. The van der Waals surface area contributed by atoms with Crippen LogP contribution in [0.2, 0.25) is 0 Å². The minimum atomic E-state index is -0.132. The largest absolute Gasteiger partial charge is 0.351 e. The molecule has 1 fully saturated rings. The molecule has 0 atom stereocenters. The second-order valence-electron chi connectivity index (χ2n) is 5.64. The summed E-state index contributed by atoms with van der Waals surface area (Å²) in [6, 6.07) is 6.97. The third-order valence-corrected chi connectivity index (χ3v) is 3.61. The first-order valence-electron chi connectivity index (χ1n) is 7.40. The molecule has 2 rings (SSSR count). The molecule has 1 saturated heterocycles. The lowest BCUT2D eigenvalue weighted by Gasteiger charge is -2.15. The Kier molecular flexibility index (Phi) is 5.33. The van der Waals surface area contributed by atoms with Crippen molar-refractivity contribution >= 4 is 11.8 Å². The Labute approximate surface area is 125 Å². The Morgan fingerprint density at radius 3 is 2.52 bits per heavy atom. The van der Waals surface area contributed by atoms with Crippen LogP contribution in [-0.4, -0.2) is 61.9 Å². The summed E-state index contributed by atoms with van der Waals surface area (Å²) in [5, 5.41) is 2.86. The predicted molar refractivity (Wildman–Crippen MR) is 82.5 cm³/mol. The molecular formula is C16H23N3O2. The average Bonchev–Trinajstić information content (AvgIpc) is 3.00. The molecule has 1 aliphatic heterocycles. The van der Waals surface area contributed by atoms with E-state index in [0.29, 0.717) is 17.7 Å². The molecule has 0 aliphatic carbocycles. The van der Waals surface area contributed by atoms with Gasteiger partial charge in [0.2, 0.25) is 0 Å². The van der Waals surface area contributed by atoms with Gasteiger partial charge in [-0.25, -0.2) is 0 Å². The van der Waals surface area contributed by atoms with Crippen molar-refractivity contribution in [3.05, 3.63) is 35.4 Å². The summed E-state index contributed by atoms with van der Waals surface area (Å²) < 4.78 is 0. The number of likely N-dealkylation sites (tertiary alicyclic amines) is 1. The van der Waals surface area contributed by atoms with E-state index in [0.717, 1.165) is 32.5 Å². The van der Waals surface area contributed by atoms with E-state index in [2.05, 4.69) is 5.32 Å². The zero-order chi connectivity index (χ0) is 15.2. The van der Waals surface area contributed by atoms with Crippen LogP contribution in [0, 0.1) is 0 Å². The van der Waals surface area contributed by atoms with Gasteiger partial charge in [-0.1, -0.05) is 6.07 Å². The molecule has 0 unspecified atom stereocenters. The van der Waals surface area contributed by atoms with Gasteiger partial charge in [-0.15, -0.1) is 0 Å². The molecule has 21 heavy (non-hydrogen) atoms. The van der Waals surface area contributed by atoms with E-state index in [1.54, 1.807) is 24.3 Å². The highest BCUT2D eigenvalue weighted by Crippen LogP contribution is 2.14. The van der Waals surface area contributed by atoms with Gasteiger partial charge >= 0.3 is 0 Å². The second-order valence-corrected chi connectivity index (χ2v) is 5.64. The summed E-state index contributed by atoms with van der Waals surface area (Å²) in [5.74, 6) is -0.108. The van der Waals surface area contributed by atoms with Crippen molar-refractivity contribution < 1.29 is 9.59 Å². The van der Waals surface area contributed by atoms with Crippen molar-refractivity contribution in [2.75, 3.05) is 40.3 Å². The molecule has 0 bridgehead atoms. The van der Waals surface area contributed by atoms with Gasteiger partial charge < -0.3 is 15.1 Å². The van der Waals surface area contributed by atoms with E-state index < -0.39 is 0 Å². The van der Waals surface area contributed by atoms with Crippen molar-refractivity contribution in [1.82, 2.24) is 15.1 Å². The first-order chi connectivity index (χ1) is 10.1. The Morgan fingerprint density at radius 2 is 1.86 bits per heavy atom. The molecule has 0 aromatic heterocycles. The Balaban J connectivity index is 1.99. The fraction of sp³-hybridized carbons (Fsp3) is 0.500. The Hall–Kier alpha value is -1.88. The lowest BCUT2D eigenvalue weighted by Crippen LogP contribution is -2.32.